The zero-order valence-corrected chi connectivity index (χ0v) is 13.1. The van der Waals surface area contributed by atoms with Crippen molar-refractivity contribution >= 4 is 11.9 Å². The molecular weight excluding hydrogens is 296 g/mol. The van der Waals surface area contributed by atoms with Crippen molar-refractivity contribution in [3.63, 3.8) is 0 Å². The number of amides is 1. The van der Waals surface area contributed by atoms with Crippen LogP contribution in [0.4, 0.5) is 0 Å². The molecular formula is C17H20N2O4. The number of oxazole rings is 1. The average molecular weight is 316 g/mol. The molecule has 122 valence electrons. The molecule has 0 spiro atoms. The van der Waals surface area contributed by atoms with E-state index in [0.717, 1.165) is 5.56 Å². The molecule has 0 radical (unpaired) electrons. The maximum absolute atomic E-state index is 11.9. The second-order valence-electron chi connectivity index (χ2n) is 5.14. The molecule has 0 unspecified atom stereocenters. The van der Waals surface area contributed by atoms with Gasteiger partial charge in [0.05, 0.1) is 6.20 Å². The lowest BCUT2D eigenvalue weighted by molar-refractivity contribution is -0.144. The van der Waals surface area contributed by atoms with Gasteiger partial charge in [-0.05, 0) is 13.3 Å². The van der Waals surface area contributed by atoms with E-state index in [-0.39, 0.29) is 18.9 Å². The fourth-order valence-electron chi connectivity index (χ4n) is 2.25. The van der Waals surface area contributed by atoms with E-state index in [1.165, 1.54) is 4.90 Å². The number of likely N-dealkylation sites (N-methyl/N-ethyl adjacent to an activating group) is 1. The van der Waals surface area contributed by atoms with Crippen molar-refractivity contribution in [2.24, 2.45) is 0 Å². The van der Waals surface area contributed by atoms with E-state index in [1.807, 2.05) is 30.3 Å². The minimum absolute atomic E-state index is 0.162. The Morgan fingerprint density at radius 3 is 2.65 bits per heavy atom. The van der Waals surface area contributed by atoms with Crippen molar-refractivity contribution in [1.29, 1.82) is 0 Å². The summed E-state index contributed by atoms with van der Waals surface area (Å²) in [6.07, 6.45) is 3.08. The van der Waals surface area contributed by atoms with Gasteiger partial charge in [0.1, 0.15) is 6.54 Å². The Morgan fingerprint density at radius 1 is 1.26 bits per heavy atom. The summed E-state index contributed by atoms with van der Waals surface area (Å²) in [4.78, 5) is 28.2. The molecule has 1 amide bonds. The molecule has 0 saturated carbocycles. The number of nitrogens with zero attached hydrogens (tertiary/aromatic N) is 2. The van der Waals surface area contributed by atoms with Gasteiger partial charge in [-0.3, -0.25) is 9.59 Å². The van der Waals surface area contributed by atoms with Crippen LogP contribution >= 0.6 is 0 Å². The zero-order valence-electron chi connectivity index (χ0n) is 13.1. The van der Waals surface area contributed by atoms with E-state index in [9.17, 15) is 9.59 Å². The maximum Gasteiger partial charge on any atom is 0.323 e. The van der Waals surface area contributed by atoms with Crippen LogP contribution in [0, 0.1) is 0 Å². The highest BCUT2D eigenvalue weighted by atomic mass is 16.4. The summed E-state index contributed by atoms with van der Waals surface area (Å²) in [5.74, 6) is 0.121. The van der Waals surface area contributed by atoms with E-state index < -0.39 is 5.97 Å². The standard InChI is InChI=1S/C17H20N2O4/c1-2-19(12-17(21)22)16(20)10-6-9-15-18-11-14(23-15)13-7-4-3-5-8-13/h3-5,7-8,11H,2,6,9-10,12H2,1H3,(H,21,22). The van der Waals surface area contributed by atoms with Gasteiger partial charge in [-0.1, -0.05) is 30.3 Å². The smallest absolute Gasteiger partial charge is 0.323 e. The summed E-state index contributed by atoms with van der Waals surface area (Å²) in [6, 6.07) is 9.68. The Kier molecular flexibility index (Phi) is 5.91. The highest BCUT2D eigenvalue weighted by molar-refractivity contribution is 5.81. The summed E-state index contributed by atoms with van der Waals surface area (Å²) in [6.45, 7) is 1.90. The molecule has 0 fully saturated rings. The van der Waals surface area contributed by atoms with Gasteiger partial charge in [0.15, 0.2) is 11.7 Å². The second kappa shape index (κ2) is 8.12. The molecule has 2 aromatic rings. The molecule has 6 nitrogen and oxygen atoms in total. The third-order valence-corrected chi connectivity index (χ3v) is 3.45. The number of hydrogen-bond donors (Lipinski definition) is 1. The molecule has 0 aliphatic rings. The molecule has 0 saturated heterocycles. The SMILES string of the molecule is CCN(CC(=O)O)C(=O)CCCc1ncc(-c2ccccc2)o1. The van der Waals surface area contributed by atoms with Crippen molar-refractivity contribution in [2.45, 2.75) is 26.2 Å². The number of benzene rings is 1. The number of hydrogen-bond acceptors (Lipinski definition) is 4. The van der Waals surface area contributed by atoms with Crippen LogP contribution in [0.25, 0.3) is 11.3 Å². The van der Waals surface area contributed by atoms with Crippen LogP contribution in [0.2, 0.25) is 0 Å². The van der Waals surface area contributed by atoms with Crippen molar-refractivity contribution in [3.05, 3.63) is 42.4 Å². The second-order valence-corrected chi connectivity index (χ2v) is 5.14. The number of rotatable bonds is 8. The van der Waals surface area contributed by atoms with Crippen LogP contribution in [0.1, 0.15) is 25.7 Å². The molecule has 1 N–H and O–H groups in total. The lowest BCUT2D eigenvalue weighted by atomic mass is 10.2. The minimum Gasteiger partial charge on any atom is -0.480 e. The van der Waals surface area contributed by atoms with Crippen LogP contribution in [-0.2, 0) is 16.0 Å². The fraction of sp³-hybridized carbons (Fsp3) is 0.353. The lowest BCUT2D eigenvalue weighted by Gasteiger charge is -2.18. The Labute approximate surface area is 134 Å². The van der Waals surface area contributed by atoms with Crippen molar-refractivity contribution in [3.8, 4) is 11.3 Å². The predicted octanol–water partition coefficient (Wildman–Crippen LogP) is 2.60. The molecule has 0 aliphatic heterocycles. The monoisotopic (exact) mass is 316 g/mol. The van der Waals surface area contributed by atoms with E-state index in [0.29, 0.717) is 31.0 Å². The lowest BCUT2D eigenvalue weighted by Crippen LogP contribution is -2.35. The van der Waals surface area contributed by atoms with Crippen LogP contribution in [0.15, 0.2) is 40.9 Å². The first kappa shape index (κ1) is 16.7. The number of carbonyl (C=O) groups excluding carboxylic acids is 1. The van der Waals surface area contributed by atoms with Crippen LogP contribution in [0.3, 0.4) is 0 Å². The first-order chi connectivity index (χ1) is 11.1. The number of carbonyl (C=O) groups is 2. The Bertz CT molecular complexity index is 652. The Morgan fingerprint density at radius 2 is 2.00 bits per heavy atom. The summed E-state index contributed by atoms with van der Waals surface area (Å²) in [7, 11) is 0. The molecule has 0 bridgehead atoms. The van der Waals surface area contributed by atoms with E-state index in [4.69, 9.17) is 9.52 Å². The highest BCUT2D eigenvalue weighted by Crippen LogP contribution is 2.20. The van der Waals surface area contributed by atoms with Crippen molar-refractivity contribution in [2.75, 3.05) is 13.1 Å². The first-order valence-corrected chi connectivity index (χ1v) is 7.60. The van der Waals surface area contributed by atoms with Gasteiger partial charge in [-0.15, -0.1) is 0 Å². The Balaban J connectivity index is 1.84. The van der Waals surface area contributed by atoms with Crippen LogP contribution in [-0.4, -0.2) is 40.0 Å². The van der Waals surface area contributed by atoms with Gasteiger partial charge in [-0.2, -0.15) is 0 Å². The third kappa shape index (κ3) is 4.95. The molecule has 1 heterocycles. The van der Waals surface area contributed by atoms with E-state index >= 15 is 0 Å². The predicted molar refractivity (Wildman–Crippen MR) is 84.8 cm³/mol. The summed E-state index contributed by atoms with van der Waals surface area (Å²) >= 11 is 0. The highest BCUT2D eigenvalue weighted by Gasteiger charge is 2.15. The van der Waals surface area contributed by atoms with E-state index in [2.05, 4.69) is 4.98 Å². The quantitative estimate of drug-likeness (QED) is 0.809. The molecule has 0 aliphatic carbocycles. The zero-order chi connectivity index (χ0) is 16.7. The van der Waals surface area contributed by atoms with Crippen LogP contribution in [0.5, 0.6) is 0 Å². The van der Waals surface area contributed by atoms with Gasteiger partial charge < -0.3 is 14.4 Å². The number of carboxylic acid groups (broad SMARTS) is 1. The largest absolute Gasteiger partial charge is 0.480 e. The van der Waals surface area contributed by atoms with Gasteiger partial charge in [0.25, 0.3) is 0 Å². The van der Waals surface area contributed by atoms with Crippen molar-refractivity contribution in [1.82, 2.24) is 9.88 Å². The maximum atomic E-state index is 11.9. The Hall–Kier alpha value is -2.63. The normalized spacial score (nSPS) is 10.5. The molecule has 6 heteroatoms. The molecule has 0 atom stereocenters. The topological polar surface area (TPSA) is 83.6 Å². The van der Waals surface area contributed by atoms with Gasteiger partial charge in [-0.25, -0.2) is 4.98 Å². The summed E-state index contributed by atoms with van der Waals surface area (Å²) in [5, 5.41) is 8.76. The molecule has 2 rings (SSSR count). The van der Waals surface area contributed by atoms with Gasteiger partial charge >= 0.3 is 5.97 Å². The molecule has 1 aromatic heterocycles. The summed E-state index contributed by atoms with van der Waals surface area (Å²) in [5.41, 5.74) is 0.959. The summed E-state index contributed by atoms with van der Waals surface area (Å²) < 4.78 is 5.67. The van der Waals surface area contributed by atoms with Gasteiger partial charge in [0.2, 0.25) is 5.91 Å². The van der Waals surface area contributed by atoms with Crippen LogP contribution < -0.4 is 0 Å². The van der Waals surface area contributed by atoms with Crippen molar-refractivity contribution < 1.29 is 19.1 Å². The van der Waals surface area contributed by atoms with Gasteiger partial charge in [0, 0.05) is 24.9 Å². The average Bonchev–Trinajstić information content (AvgIpc) is 3.02. The first-order valence-electron chi connectivity index (χ1n) is 7.60. The third-order valence-electron chi connectivity index (χ3n) is 3.45. The number of aromatic nitrogens is 1. The number of aryl methyl sites for hydroxylation is 1. The minimum atomic E-state index is -1.000. The number of carboxylic acids is 1. The van der Waals surface area contributed by atoms with E-state index in [1.54, 1.807) is 13.1 Å². The number of aliphatic carboxylic acids is 1. The molecule has 1 aromatic carbocycles. The fourth-order valence-corrected chi connectivity index (χ4v) is 2.25. The molecule has 23 heavy (non-hydrogen) atoms.